The number of carbonyl (C=O) groups excluding carboxylic acids is 1. The Labute approximate surface area is 144 Å². The minimum absolute atomic E-state index is 0.107. The molecule has 0 spiro atoms. The molecule has 3 rings (SSSR count). The molecule has 24 heavy (non-hydrogen) atoms. The highest BCUT2D eigenvalue weighted by Crippen LogP contribution is 2.15. The summed E-state index contributed by atoms with van der Waals surface area (Å²) in [5.74, 6) is 0.595. The smallest absolute Gasteiger partial charge is 0.251 e. The fraction of sp³-hybridized carbons (Fsp3) is 0.235. The van der Waals surface area contributed by atoms with Gasteiger partial charge in [0.15, 0.2) is 0 Å². The number of amides is 1. The molecule has 0 radical (unpaired) electrons. The zero-order valence-electron chi connectivity index (χ0n) is 13.5. The second kappa shape index (κ2) is 7.27. The lowest BCUT2D eigenvalue weighted by atomic mass is 10.2. The SMILES string of the molecule is CC(C)Oc1ccc(C(=O)NCc2cn(-c3cccs3)nn2)cc1. The third kappa shape index (κ3) is 3.99. The normalized spacial score (nSPS) is 10.8. The highest BCUT2D eigenvalue weighted by molar-refractivity contribution is 7.12. The average molecular weight is 342 g/mol. The number of aromatic nitrogens is 3. The van der Waals surface area contributed by atoms with Crippen molar-refractivity contribution < 1.29 is 9.53 Å². The Morgan fingerprint density at radius 1 is 1.29 bits per heavy atom. The molecule has 3 aromatic rings. The average Bonchev–Trinajstić information content (AvgIpc) is 3.24. The van der Waals surface area contributed by atoms with Gasteiger partial charge in [-0.1, -0.05) is 5.21 Å². The Kier molecular flexibility index (Phi) is 4.90. The standard InChI is InChI=1S/C17H18N4O2S/c1-12(2)23-15-7-5-13(6-8-15)17(22)18-10-14-11-21(20-19-14)16-4-3-9-24-16/h3-9,11-12H,10H2,1-2H3,(H,18,22). The van der Waals surface area contributed by atoms with E-state index >= 15 is 0 Å². The van der Waals surface area contributed by atoms with Crippen LogP contribution in [0.5, 0.6) is 5.75 Å². The van der Waals surface area contributed by atoms with E-state index < -0.39 is 0 Å². The molecule has 7 heteroatoms. The van der Waals surface area contributed by atoms with Gasteiger partial charge >= 0.3 is 0 Å². The van der Waals surface area contributed by atoms with Gasteiger partial charge in [0.1, 0.15) is 16.4 Å². The fourth-order valence-corrected chi connectivity index (χ4v) is 2.77. The van der Waals surface area contributed by atoms with Crippen LogP contribution in [-0.4, -0.2) is 27.0 Å². The van der Waals surface area contributed by atoms with Crippen LogP contribution in [0, 0.1) is 0 Å². The van der Waals surface area contributed by atoms with Crippen LogP contribution in [-0.2, 0) is 6.54 Å². The van der Waals surface area contributed by atoms with Crippen molar-refractivity contribution >= 4 is 17.2 Å². The largest absolute Gasteiger partial charge is 0.491 e. The summed E-state index contributed by atoms with van der Waals surface area (Å²) in [5.41, 5.74) is 1.29. The number of carbonyl (C=O) groups is 1. The van der Waals surface area contributed by atoms with Gasteiger partial charge in [0.05, 0.1) is 18.8 Å². The third-order valence-corrected chi connectivity index (χ3v) is 4.05. The van der Waals surface area contributed by atoms with Crippen molar-refractivity contribution in [1.29, 1.82) is 0 Å². The molecule has 124 valence electrons. The molecule has 0 atom stereocenters. The first-order valence-electron chi connectivity index (χ1n) is 7.62. The van der Waals surface area contributed by atoms with E-state index in [0.29, 0.717) is 17.8 Å². The van der Waals surface area contributed by atoms with Gasteiger partial charge in [-0.25, -0.2) is 4.68 Å². The van der Waals surface area contributed by atoms with Gasteiger partial charge in [-0.05, 0) is 55.6 Å². The van der Waals surface area contributed by atoms with Crippen molar-refractivity contribution in [3.8, 4) is 10.8 Å². The van der Waals surface area contributed by atoms with Crippen molar-refractivity contribution in [3.63, 3.8) is 0 Å². The second-order valence-electron chi connectivity index (χ2n) is 5.48. The van der Waals surface area contributed by atoms with Crippen molar-refractivity contribution in [3.05, 3.63) is 59.2 Å². The minimum Gasteiger partial charge on any atom is -0.491 e. The van der Waals surface area contributed by atoms with Crippen molar-refractivity contribution in [2.24, 2.45) is 0 Å². The van der Waals surface area contributed by atoms with E-state index in [0.717, 1.165) is 10.8 Å². The van der Waals surface area contributed by atoms with Crippen LogP contribution in [0.1, 0.15) is 29.9 Å². The quantitative estimate of drug-likeness (QED) is 0.747. The molecule has 2 heterocycles. The van der Waals surface area contributed by atoms with Gasteiger partial charge in [0.2, 0.25) is 0 Å². The van der Waals surface area contributed by atoms with Gasteiger partial charge in [-0.15, -0.1) is 16.4 Å². The van der Waals surface area contributed by atoms with E-state index in [4.69, 9.17) is 4.74 Å². The molecular weight excluding hydrogens is 324 g/mol. The Balaban J connectivity index is 1.57. The van der Waals surface area contributed by atoms with Crippen LogP contribution < -0.4 is 10.1 Å². The predicted molar refractivity (Wildman–Crippen MR) is 92.6 cm³/mol. The third-order valence-electron chi connectivity index (χ3n) is 3.19. The lowest BCUT2D eigenvalue weighted by Crippen LogP contribution is -2.22. The first kappa shape index (κ1) is 16.2. The Morgan fingerprint density at radius 3 is 2.75 bits per heavy atom. The number of nitrogens with one attached hydrogen (secondary N) is 1. The highest BCUT2D eigenvalue weighted by atomic mass is 32.1. The lowest BCUT2D eigenvalue weighted by molar-refractivity contribution is 0.0950. The van der Waals surface area contributed by atoms with Crippen LogP contribution in [0.3, 0.4) is 0 Å². The second-order valence-corrected chi connectivity index (χ2v) is 6.41. The number of rotatable bonds is 6. The Morgan fingerprint density at radius 2 is 2.08 bits per heavy atom. The van der Waals surface area contributed by atoms with Gasteiger partial charge in [0, 0.05) is 5.56 Å². The van der Waals surface area contributed by atoms with E-state index in [1.165, 1.54) is 0 Å². The molecule has 0 fully saturated rings. The van der Waals surface area contributed by atoms with E-state index in [9.17, 15) is 4.79 Å². The molecule has 0 aliphatic rings. The van der Waals surface area contributed by atoms with Gasteiger partial charge < -0.3 is 10.1 Å². The number of hydrogen-bond donors (Lipinski definition) is 1. The molecule has 6 nitrogen and oxygen atoms in total. The summed E-state index contributed by atoms with van der Waals surface area (Å²) >= 11 is 1.58. The number of ether oxygens (including phenoxy) is 1. The number of nitrogens with zero attached hydrogens (tertiary/aromatic N) is 3. The zero-order chi connectivity index (χ0) is 16.9. The summed E-state index contributed by atoms with van der Waals surface area (Å²) in [7, 11) is 0. The van der Waals surface area contributed by atoms with E-state index in [2.05, 4.69) is 15.6 Å². The monoisotopic (exact) mass is 342 g/mol. The first-order chi connectivity index (χ1) is 11.6. The van der Waals surface area contributed by atoms with Gasteiger partial charge in [0.25, 0.3) is 5.91 Å². The minimum atomic E-state index is -0.156. The Bertz CT molecular complexity index is 794. The molecule has 0 bridgehead atoms. The molecule has 0 aliphatic carbocycles. The molecule has 0 saturated heterocycles. The summed E-state index contributed by atoms with van der Waals surface area (Å²) in [6.45, 7) is 4.25. The molecule has 2 aromatic heterocycles. The van der Waals surface area contributed by atoms with Crippen molar-refractivity contribution in [2.75, 3.05) is 0 Å². The number of thiophene rings is 1. The molecule has 1 amide bonds. The summed E-state index contributed by atoms with van der Waals surface area (Å²) in [6, 6.07) is 11.0. The maximum Gasteiger partial charge on any atom is 0.251 e. The zero-order valence-corrected chi connectivity index (χ0v) is 14.3. The van der Waals surface area contributed by atoms with E-state index in [1.54, 1.807) is 40.3 Å². The highest BCUT2D eigenvalue weighted by Gasteiger charge is 2.08. The van der Waals surface area contributed by atoms with Crippen molar-refractivity contribution in [2.45, 2.75) is 26.5 Å². The van der Waals surface area contributed by atoms with E-state index in [1.807, 2.05) is 37.6 Å². The number of hydrogen-bond acceptors (Lipinski definition) is 5. The molecular formula is C17H18N4O2S. The number of benzene rings is 1. The molecule has 0 unspecified atom stereocenters. The van der Waals surface area contributed by atoms with Crippen LogP contribution in [0.4, 0.5) is 0 Å². The predicted octanol–water partition coefficient (Wildman–Crippen LogP) is 3.05. The lowest BCUT2D eigenvalue weighted by Gasteiger charge is -2.10. The first-order valence-corrected chi connectivity index (χ1v) is 8.50. The van der Waals surface area contributed by atoms with Crippen LogP contribution in [0.15, 0.2) is 48.0 Å². The summed E-state index contributed by atoms with van der Waals surface area (Å²) in [6.07, 6.45) is 1.92. The van der Waals surface area contributed by atoms with Crippen molar-refractivity contribution in [1.82, 2.24) is 20.3 Å². The summed E-state index contributed by atoms with van der Waals surface area (Å²) in [4.78, 5) is 12.2. The molecule has 1 aromatic carbocycles. The summed E-state index contributed by atoms with van der Waals surface area (Å²) < 4.78 is 7.26. The maximum atomic E-state index is 12.2. The van der Waals surface area contributed by atoms with Gasteiger partial charge in [-0.3, -0.25) is 4.79 Å². The van der Waals surface area contributed by atoms with Crippen LogP contribution in [0.2, 0.25) is 0 Å². The van der Waals surface area contributed by atoms with Gasteiger partial charge in [-0.2, -0.15) is 0 Å². The topological polar surface area (TPSA) is 69.0 Å². The fourth-order valence-electron chi connectivity index (χ4n) is 2.12. The molecule has 0 aliphatic heterocycles. The van der Waals surface area contributed by atoms with Crippen LogP contribution >= 0.6 is 11.3 Å². The molecule has 1 N–H and O–H groups in total. The van der Waals surface area contributed by atoms with Crippen LogP contribution in [0.25, 0.3) is 5.00 Å². The Hall–Kier alpha value is -2.67. The summed E-state index contributed by atoms with van der Waals surface area (Å²) in [5, 5.41) is 13.9. The molecule has 0 saturated carbocycles. The van der Waals surface area contributed by atoms with E-state index in [-0.39, 0.29) is 12.0 Å². The maximum absolute atomic E-state index is 12.2.